The Morgan fingerprint density at radius 2 is 1.92 bits per heavy atom. The first-order valence-electron chi connectivity index (χ1n) is 3.72. The molecular weight excluding hydrogens is 214 g/mol. The normalized spacial score (nSPS) is 8.92. The van der Waals surface area contributed by atoms with E-state index in [0.717, 1.165) is 17.0 Å². The second-order valence-corrected chi connectivity index (χ2v) is 3.13. The summed E-state index contributed by atoms with van der Waals surface area (Å²) in [5.41, 5.74) is 3.09. The molecule has 0 fully saturated rings. The van der Waals surface area contributed by atoms with Crippen LogP contribution in [-0.4, -0.2) is 10.3 Å². The van der Waals surface area contributed by atoms with Gasteiger partial charge in [0.15, 0.2) is 0 Å². The van der Waals surface area contributed by atoms with Crippen molar-refractivity contribution in [3.05, 3.63) is 29.1 Å². The van der Waals surface area contributed by atoms with E-state index >= 15 is 0 Å². The van der Waals surface area contributed by atoms with Crippen molar-refractivity contribution >= 4 is 15.9 Å². The Labute approximate surface area is 81.3 Å². The molecule has 0 bridgehead atoms. The number of nitrogens with zero attached hydrogens (tertiary/aromatic N) is 1. The van der Waals surface area contributed by atoms with E-state index in [0.29, 0.717) is 5.33 Å². The lowest BCUT2D eigenvalue weighted by molar-refractivity contribution is 1.12. The number of pyridine rings is 1. The fourth-order valence-electron chi connectivity index (χ4n) is 1.04. The molecule has 0 saturated carbocycles. The van der Waals surface area contributed by atoms with Crippen molar-refractivity contribution in [3.63, 3.8) is 0 Å². The monoisotopic (exact) mass is 223 g/mol. The van der Waals surface area contributed by atoms with E-state index in [1.165, 1.54) is 0 Å². The Morgan fingerprint density at radius 3 is 2.42 bits per heavy atom. The number of halogens is 1. The molecule has 1 aromatic rings. The number of rotatable bonds is 0. The largest absolute Gasteiger partial charge is 0.258 e. The summed E-state index contributed by atoms with van der Waals surface area (Å²) in [5, 5.41) is 0.716. The molecular formula is C10H10BrN. The summed E-state index contributed by atoms with van der Waals surface area (Å²) in [5.74, 6) is 6.00. The van der Waals surface area contributed by atoms with E-state index in [9.17, 15) is 0 Å². The molecule has 2 heteroatoms. The summed E-state index contributed by atoms with van der Waals surface area (Å²) < 4.78 is 0. The van der Waals surface area contributed by atoms with Crippen LogP contribution in [0.5, 0.6) is 0 Å². The van der Waals surface area contributed by atoms with E-state index in [2.05, 4.69) is 32.8 Å². The minimum Gasteiger partial charge on any atom is -0.258 e. The molecule has 0 radical (unpaired) electrons. The molecule has 0 amide bonds. The minimum absolute atomic E-state index is 0.716. The molecule has 62 valence electrons. The first-order valence-corrected chi connectivity index (χ1v) is 4.84. The predicted molar refractivity (Wildman–Crippen MR) is 54.4 cm³/mol. The van der Waals surface area contributed by atoms with Gasteiger partial charge in [0.1, 0.15) is 0 Å². The first kappa shape index (κ1) is 9.28. The lowest BCUT2D eigenvalue weighted by Gasteiger charge is -1.96. The van der Waals surface area contributed by atoms with Crippen LogP contribution in [-0.2, 0) is 0 Å². The molecule has 0 aliphatic carbocycles. The van der Waals surface area contributed by atoms with Crippen molar-refractivity contribution in [1.29, 1.82) is 0 Å². The van der Waals surface area contributed by atoms with Crippen molar-refractivity contribution in [1.82, 2.24) is 4.98 Å². The van der Waals surface area contributed by atoms with Crippen molar-refractivity contribution in [2.75, 3.05) is 5.33 Å². The Kier molecular flexibility index (Phi) is 3.31. The summed E-state index contributed by atoms with van der Waals surface area (Å²) >= 11 is 3.25. The van der Waals surface area contributed by atoms with Gasteiger partial charge in [0.2, 0.25) is 0 Å². The molecule has 0 spiro atoms. The van der Waals surface area contributed by atoms with Crippen LogP contribution in [0.1, 0.15) is 17.0 Å². The van der Waals surface area contributed by atoms with E-state index in [-0.39, 0.29) is 0 Å². The third-order valence-corrected chi connectivity index (χ3v) is 1.66. The second kappa shape index (κ2) is 4.27. The molecule has 1 rings (SSSR count). The molecule has 0 aliphatic heterocycles. The van der Waals surface area contributed by atoms with Crippen LogP contribution in [0.15, 0.2) is 12.1 Å². The highest BCUT2D eigenvalue weighted by molar-refractivity contribution is 9.09. The van der Waals surface area contributed by atoms with Gasteiger partial charge in [-0.3, -0.25) is 4.98 Å². The number of aryl methyl sites for hydroxylation is 2. The third-order valence-electron chi connectivity index (χ3n) is 1.38. The van der Waals surface area contributed by atoms with Gasteiger partial charge in [0, 0.05) is 17.0 Å². The van der Waals surface area contributed by atoms with Crippen LogP contribution in [0.4, 0.5) is 0 Å². The zero-order valence-electron chi connectivity index (χ0n) is 7.19. The van der Waals surface area contributed by atoms with E-state index in [4.69, 9.17) is 0 Å². The quantitative estimate of drug-likeness (QED) is 0.487. The summed E-state index contributed by atoms with van der Waals surface area (Å²) in [6.07, 6.45) is 0. The standard InChI is InChI=1S/C10H10BrN/c1-8-6-10(4-3-5-11)7-9(2)12-8/h6-7H,5H2,1-2H3. The summed E-state index contributed by atoms with van der Waals surface area (Å²) in [7, 11) is 0. The Morgan fingerprint density at radius 1 is 1.33 bits per heavy atom. The molecule has 0 atom stereocenters. The fraction of sp³-hybridized carbons (Fsp3) is 0.300. The van der Waals surface area contributed by atoms with Gasteiger partial charge in [-0.25, -0.2) is 0 Å². The maximum atomic E-state index is 4.26. The Hall–Kier alpha value is -0.810. The topological polar surface area (TPSA) is 12.9 Å². The molecule has 0 unspecified atom stereocenters. The lowest BCUT2D eigenvalue weighted by Crippen LogP contribution is -1.87. The summed E-state index contributed by atoms with van der Waals surface area (Å²) in [4.78, 5) is 4.26. The summed E-state index contributed by atoms with van der Waals surface area (Å²) in [6.45, 7) is 3.96. The highest BCUT2D eigenvalue weighted by Gasteiger charge is 1.92. The molecule has 12 heavy (non-hydrogen) atoms. The van der Waals surface area contributed by atoms with Crippen molar-refractivity contribution in [2.24, 2.45) is 0 Å². The highest BCUT2D eigenvalue weighted by atomic mass is 79.9. The van der Waals surface area contributed by atoms with Gasteiger partial charge in [-0.15, -0.1) is 0 Å². The van der Waals surface area contributed by atoms with Crippen LogP contribution in [0.2, 0.25) is 0 Å². The van der Waals surface area contributed by atoms with Gasteiger partial charge in [-0.1, -0.05) is 27.8 Å². The Bertz CT molecular complexity index is 313. The van der Waals surface area contributed by atoms with E-state index in [1.54, 1.807) is 0 Å². The van der Waals surface area contributed by atoms with Gasteiger partial charge in [0.25, 0.3) is 0 Å². The zero-order chi connectivity index (χ0) is 8.97. The molecule has 1 heterocycles. The van der Waals surface area contributed by atoms with Gasteiger partial charge >= 0.3 is 0 Å². The molecule has 0 aliphatic rings. The number of aromatic nitrogens is 1. The van der Waals surface area contributed by atoms with Gasteiger partial charge < -0.3 is 0 Å². The van der Waals surface area contributed by atoms with Crippen molar-refractivity contribution < 1.29 is 0 Å². The van der Waals surface area contributed by atoms with Crippen LogP contribution in [0, 0.1) is 25.7 Å². The maximum absolute atomic E-state index is 4.26. The SMILES string of the molecule is Cc1cc(C#CCBr)cc(C)n1. The van der Waals surface area contributed by atoms with Crippen LogP contribution in [0.25, 0.3) is 0 Å². The average Bonchev–Trinajstić information content (AvgIpc) is 1.99. The predicted octanol–water partition coefficient (Wildman–Crippen LogP) is 2.44. The van der Waals surface area contributed by atoms with E-state index in [1.807, 2.05) is 26.0 Å². The molecule has 0 aromatic carbocycles. The lowest BCUT2D eigenvalue weighted by atomic mass is 10.2. The molecule has 1 aromatic heterocycles. The molecule has 0 N–H and O–H groups in total. The number of alkyl halides is 1. The van der Waals surface area contributed by atoms with Crippen molar-refractivity contribution in [2.45, 2.75) is 13.8 Å². The highest BCUT2D eigenvalue weighted by Crippen LogP contribution is 2.02. The molecule has 0 saturated heterocycles. The van der Waals surface area contributed by atoms with E-state index < -0.39 is 0 Å². The van der Waals surface area contributed by atoms with Gasteiger partial charge in [0.05, 0.1) is 5.33 Å². The van der Waals surface area contributed by atoms with Crippen molar-refractivity contribution in [3.8, 4) is 11.8 Å². The maximum Gasteiger partial charge on any atom is 0.0649 e. The fourth-order valence-corrected chi connectivity index (χ4v) is 1.18. The van der Waals surface area contributed by atoms with Crippen LogP contribution < -0.4 is 0 Å². The average molecular weight is 224 g/mol. The van der Waals surface area contributed by atoms with Gasteiger partial charge in [-0.05, 0) is 26.0 Å². The molecule has 1 nitrogen and oxygen atoms in total. The third kappa shape index (κ3) is 2.67. The number of hydrogen-bond donors (Lipinski definition) is 0. The number of hydrogen-bond acceptors (Lipinski definition) is 1. The first-order chi connectivity index (χ1) is 5.72. The van der Waals surface area contributed by atoms with Crippen LogP contribution in [0.3, 0.4) is 0 Å². The zero-order valence-corrected chi connectivity index (χ0v) is 8.77. The Balaban J connectivity index is 3.01. The van der Waals surface area contributed by atoms with Gasteiger partial charge in [-0.2, -0.15) is 0 Å². The smallest absolute Gasteiger partial charge is 0.0649 e. The summed E-state index contributed by atoms with van der Waals surface area (Å²) in [6, 6.07) is 3.98. The minimum atomic E-state index is 0.716. The second-order valence-electron chi connectivity index (χ2n) is 2.57. The van der Waals surface area contributed by atoms with Crippen LogP contribution >= 0.6 is 15.9 Å².